The second kappa shape index (κ2) is 8.91. The Kier molecular flexibility index (Phi) is 7.12. The molecule has 0 bridgehead atoms. The fourth-order valence-corrected chi connectivity index (χ4v) is 3.31. The lowest BCUT2D eigenvalue weighted by Gasteiger charge is -2.20. The van der Waals surface area contributed by atoms with Crippen LogP contribution < -0.4 is 11.2 Å². The number of alkyl halides is 1. The lowest BCUT2D eigenvalue weighted by molar-refractivity contribution is -0.158. The van der Waals surface area contributed by atoms with Gasteiger partial charge in [0.2, 0.25) is 0 Å². The number of H-pyrrole nitrogens is 1. The van der Waals surface area contributed by atoms with Crippen molar-refractivity contribution in [3.05, 3.63) is 25.4 Å². The van der Waals surface area contributed by atoms with Crippen LogP contribution in [0.5, 0.6) is 0 Å². The van der Waals surface area contributed by atoms with Crippen molar-refractivity contribution in [1.29, 1.82) is 0 Å². The van der Waals surface area contributed by atoms with Crippen LogP contribution in [0.1, 0.15) is 32.9 Å². The molecule has 1 fully saturated rings. The van der Waals surface area contributed by atoms with Crippen LogP contribution in [0.4, 0.5) is 0 Å². The van der Waals surface area contributed by atoms with Gasteiger partial charge >= 0.3 is 17.6 Å². The van der Waals surface area contributed by atoms with Gasteiger partial charge in [-0.15, -0.1) is 0 Å². The van der Waals surface area contributed by atoms with Crippen molar-refractivity contribution in [1.82, 2.24) is 14.8 Å². The van der Waals surface area contributed by atoms with E-state index >= 15 is 0 Å². The monoisotopic (exact) mass is 497 g/mol. The second-order valence-electron chi connectivity index (χ2n) is 5.35. The van der Waals surface area contributed by atoms with E-state index in [-0.39, 0.29) is 24.1 Å². The highest BCUT2D eigenvalue weighted by molar-refractivity contribution is 9.10. The summed E-state index contributed by atoms with van der Waals surface area (Å²) < 4.78 is 17.0. The van der Waals surface area contributed by atoms with Crippen LogP contribution in [0.25, 0.3) is 0 Å². The van der Waals surface area contributed by atoms with E-state index in [0.29, 0.717) is 0 Å². The number of carbonyl (C=O) groups excluding carboxylic acids is 2. The highest BCUT2D eigenvalue weighted by atomic mass is 79.9. The summed E-state index contributed by atoms with van der Waals surface area (Å²) in [6, 6.07) is 0. The minimum absolute atomic E-state index is 0.108. The Bertz CT molecular complexity index is 793. The number of nitrogens with zero attached hydrogens (tertiary/aromatic N) is 2. The van der Waals surface area contributed by atoms with E-state index in [1.807, 2.05) is 0 Å². The van der Waals surface area contributed by atoms with Gasteiger partial charge in [-0.1, -0.05) is 29.8 Å². The number of carbonyl (C=O) groups is 2. The van der Waals surface area contributed by atoms with Gasteiger partial charge in [0.25, 0.3) is 5.56 Å². The van der Waals surface area contributed by atoms with Crippen molar-refractivity contribution in [3.8, 4) is 0 Å². The molecule has 12 heteroatoms. The number of esters is 2. The molecule has 1 saturated heterocycles. The van der Waals surface area contributed by atoms with Crippen molar-refractivity contribution >= 4 is 43.8 Å². The molecule has 0 unspecified atom stereocenters. The number of aromatic nitrogens is 3. The number of aromatic amines is 1. The standard InChI is InChI=1S/C14H17Br2N3O7/c1-3-7(20)24-5-6-10(26-8(21)4-2)9(15)13(25-6)19-14(23)17-12(22)11(16)18-19/h6,9-10,13H,3-5H2,1-2H3,(H,17,22,23)/t6-,9-,10+,13-/m0/s1. The zero-order chi connectivity index (χ0) is 19.4. The van der Waals surface area contributed by atoms with Gasteiger partial charge in [-0.3, -0.25) is 19.4 Å². The topological polar surface area (TPSA) is 130 Å². The average Bonchev–Trinajstić information content (AvgIpc) is 2.91. The maximum atomic E-state index is 12.1. The third kappa shape index (κ3) is 4.60. The quantitative estimate of drug-likeness (QED) is 0.446. The fourth-order valence-electron chi connectivity index (χ4n) is 2.24. The molecule has 2 rings (SSSR count). The molecule has 0 saturated carbocycles. The van der Waals surface area contributed by atoms with E-state index in [1.54, 1.807) is 13.8 Å². The molecule has 2 heterocycles. The summed E-state index contributed by atoms with van der Waals surface area (Å²) in [5.74, 6) is -0.913. The van der Waals surface area contributed by atoms with Gasteiger partial charge in [0.15, 0.2) is 10.8 Å². The van der Waals surface area contributed by atoms with Gasteiger partial charge in [-0.25, -0.2) is 4.79 Å². The van der Waals surface area contributed by atoms with Gasteiger partial charge in [0, 0.05) is 12.8 Å². The van der Waals surface area contributed by atoms with Crippen LogP contribution in [0.3, 0.4) is 0 Å². The molecule has 1 N–H and O–H groups in total. The van der Waals surface area contributed by atoms with Crippen molar-refractivity contribution in [2.45, 2.75) is 50.0 Å². The molecule has 0 spiro atoms. The summed E-state index contributed by atoms with van der Waals surface area (Å²) in [6.45, 7) is 3.12. The molecule has 4 atom stereocenters. The Balaban J connectivity index is 2.30. The summed E-state index contributed by atoms with van der Waals surface area (Å²) in [4.78, 5) is 48.1. The Labute approximate surface area is 164 Å². The summed E-state index contributed by atoms with van der Waals surface area (Å²) >= 11 is 6.31. The van der Waals surface area contributed by atoms with Crippen molar-refractivity contribution < 1.29 is 23.8 Å². The highest BCUT2D eigenvalue weighted by Gasteiger charge is 2.48. The first-order valence-corrected chi connectivity index (χ1v) is 9.52. The number of rotatable bonds is 6. The highest BCUT2D eigenvalue weighted by Crippen LogP contribution is 2.36. The second-order valence-corrected chi connectivity index (χ2v) is 7.16. The third-order valence-electron chi connectivity index (χ3n) is 3.57. The molecule has 1 aliphatic heterocycles. The lowest BCUT2D eigenvalue weighted by Crippen LogP contribution is -2.39. The van der Waals surface area contributed by atoms with Crippen LogP contribution >= 0.6 is 31.9 Å². The van der Waals surface area contributed by atoms with E-state index < -0.39 is 46.5 Å². The minimum atomic E-state index is -0.990. The molecule has 10 nitrogen and oxygen atoms in total. The largest absolute Gasteiger partial charge is 0.463 e. The van der Waals surface area contributed by atoms with Crippen LogP contribution in [-0.2, 0) is 23.8 Å². The predicted molar refractivity (Wildman–Crippen MR) is 94.9 cm³/mol. The molecule has 1 aromatic heterocycles. The van der Waals surface area contributed by atoms with Crippen LogP contribution in [0.2, 0.25) is 0 Å². The van der Waals surface area contributed by atoms with E-state index in [1.165, 1.54) is 0 Å². The predicted octanol–water partition coefficient (Wildman–Crippen LogP) is 0.630. The van der Waals surface area contributed by atoms with Gasteiger partial charge in [0.05, 0.1) is 0 Å². The molecule has 0 amide bonds. The van der Waals surface area contributed by atoms with E-state index in [9.17, 15) is 19.2 Å². The Morgan fingerprint density at radius 3 is 2.54 bits per heavy atom. The molecule has 0 aliphatic carbocycles. The van der Waals surface area contributed by atoms with Crippen LogP contribution in [0.15, 0.2) is 14.2 Å². The summed E-state index contributed by atoms with van der Waals surface area (Å²) in [5.41, 5.74) is -1.47. The summed E-state index contributed by atoms with van der Waals surface area (Å²) in [6.07, 6.45) is -2.30. The number of hydrogen-bond donors (Lipinski definition) is 1. The molecule has 0 radical (unpaired) electrons. The zero-order valence-corrected chi connectivity index (χ0v) is 17.1. The number of halogens is 2. The molecule has 1 aromatic rings. The molecular weight excluding hydrogens is 482 g/mol. The first kappa shape index (κ1) is 20.8. The van der Waals surface area contributed by atoms with E-state index in [0.717, 1.165) is 4.68 Å². The van der Waals surface area contributed by atoms with Crippen molar-refractivity contribution in [2.24, 2.45) is 0 Å². The average molecular weight is 499 g/mol. The first-order valence-electron chi connectivity index (χ1n) is 7.81. The smallest absolute Gasteiger partial charge is 0.347 e. The molecular formula is C14H17Br2N3O7. The van der Waals surface area contributed by atoms with E-state index in [2.05, 4.69) is 41.9 Å². The Morgan fingerprint density at radius 1 is 1.27 bits per heavy atom. The summed E-state index contributed by atoms with van der Waals surface area (Å²) in [7, 11) is 0. The number of nitrogens with one attached hydrogen (secondary N) is 1. The SMILES string of the molecule is CCC(=O)OC[C@@H]1O[C@H](n2nc(Br)c(=O)[nH]c2=O)[C@@H](Br)[C@@H]1OC(=O)CC. The number of hydrogen-bond acceptors (Lipinski definition) is 8. The van der Waals surface area contributed by atoms with Gasteiger partial charge < -0.3 is 14.2 Å². The molecule has 1 aliphatic rings. The van der Waals surface area contributed by atoms with Crippen LogP contribution in [0, 0.1) is 0 Å². The maximum absolute atomic E-state index is 12.1. The summed E-state index contributed by atoms with van der Waals surface area (Å²) in [5, 5.41) is 3.86. The van der Waals surface area contributed by atoms with Crippen molar-refractivity contribution in [3.63, 3.8) is 0 Å². The van der Waals surface area contributed by atoms with Gasteiger partial charge in [-0.2, -0.15) is 9.78 Å². The van der Waals surface area contributed by atoms with E-state index in [4.69, 9.17) is 14.2 Å². The fraction of sp³-hybridized carbons (Fsp3) is 0.643. The van der Waals surface area contributed by atoms with Crippen molar-refractivity contribution in [2.75, 3.05) is 6.61 Å². The zero-order valence-electron chi connectivity index (χ0n) is 13.9. The van der Waals surface area contributed by atoms with Gasteiger partial charge in [0.1, 0.15) is 23.6 Å². The van der Waals surface area contributed by atoms with Gasteiger partial charge in [-0.05, 0) is 15.9 Å². The Hall–Kier alpha value is -1.53. The minimum Gasteiger partial charge on any atom is -0.463 e. The van der Waals surface area contributed by atoms with Crippen LogP contribution in [-0.4, -0.2) is 50.3 Å². The number of ether oxygens (including phenoxy) is 3. The maximum Gasteiger partial charge on any atom is 0.347 e. The lowest BCUT2D eigenvalue weighted by atomic mass is 10.2. The normalized spacial score (nSPS) is 25.1. The Morgan fingerprint density at radius 2 is 1.92 bits per heavy atom. The third-order valence-corrected chi connectivity index (χ3v) is 5.06. The first-order chi connectivity index (χ1) is 12.3. The molecule has 26 heavy (non-hydrogen) atoms. The molecule has 144 valence electrons. The molecule has 0 aromatic carbocycles.